The maximum Gasteiger partial charge on any atom is 0.307 e. The van der Waals surface area contributed by atoms with Gasteiger partial charge in [-0.25, -0.2) is 12.8 Å². The minimum Gasteiger partial charge on any atom is -0.481 e. The van der Waals surface area contributed by atoms with Crippen molar-refractivity contribution in [2.75, 3.05) is 13.1 Å². The minimum absolute atomic E-state index is 0.0283. The Kier molecular flexibility index (Phi) is 5.98. The van der Waals surface area contributed by atoms with E-state index in [2.05, 4.69) is 0 Å². The van der Waals surface area contributed by atoms with E-state index < -0.39 is 37.6 Å². The van der Waals surface area contributed by atoms with E-state index >= 15 is 0 Å². The summed E-state index contributed by atoms with van der Waals surface area (Å²) in [4.78, 5) is 10.4. The molecule has 1 aromatic carbocycles. The standard InChI is InChI=1S/C12H14Cl2FNO4S/c1-3-16(6-7(2)12(17)18)21(19,20)9-5-4-8(13)11(15)10(9)14/h4-5,7H,3,6H2,1-2H3,(H,17,18). The number of benzene rings is 1. The summed E-state index contributed by atoms with van der Waals surface area (Å²) in [6.07, 6.45) is 0. The van der Waals surface area contributed by atoms with E-state index in [1.165, 1.54) is 6.92 Å². The first-order valence-electron chi connectivity index (χ1n) is 5.99. The second kappa shape index (κ2) is 6.91. The maximum absolute atomic E-state index is 13.6. The van der Waals surface area contributed by atoms with Crippen LogP contribution in [0, 0.1) is 11.7 Å². The number of hydrogen-bond acceptors (Lipinski definition) is 3. The molecule has 0 spiro atoms. The fourth-order valence-corrected chi connectivity index (χ4v) is 3.88. The fraction of sp³-hybridized carbons (Fsp3) is 0.417. The Balaban J connectivity index is 3.26. The van der Waals surface area contributed by atoms with Crippen LogP contribution in [0.4, 0.5) is 4.39 Å². The zero-order chi connectivity index (χ0) is 16.4. The summed E-state index contributed by atoms with van der Waals surface area (Å²) in [5, 5.41) is 7.97. The fourth-order valence-electron chi connectivity index (χ4n) is 1.63. The Hall–Kier alpha value is -0.890. The number of carbonyl (C=O) groups is 1. The van der Waals surface area contributed by atoms with Gasteiger partial charge >= 0.3 is 5.97 Å². The Morgan fingerprint density at radius 1 is 1.43 bits per heavy atom. The van der Waals surface area contributed by atoms with Crippen LogP contribution in [0.3, 0.4) is 0 Å². The highest BCUT2D eigenvalue weighted by Gasteiger charge is 2.30. The van der Waals surface area contributed by atoms with Gasteiger partial charge < -0.3 is 5.11 Å². The van der Waals surface area contributed by atoms with Gasteiger partial charge in [-0.05, 0) is 12.1 Å². The number of rotatable bonds is 6. The van der Waals surface area contributed by atoms with Gasteiger partial charge in [0.1, 0.15) is 4.90 Å². The molecule has 0 heterocycles. The van der Waals surface area contributed by atoms with Gasteiger partial charge in [0.15, 0.2) is 5.82 Å². The van der Waals surface area contributed by atoms with Crippen LogP contribution in [-0.2, 0) is 14.8 Å². The molecule has 1 atom stereocenters. The predicted octanol–water partition coefficient (Wildman–Crippen LogP) is 2.86. The molecule has 1 aromatic rings. The molecule has 0 aliphatic carbocycles. The Morgan fingerprint density at radius 2 is 2.00 bits per heavy atom. The molecule has 0 aromatic heterocycles. The molecule has 1 unspecified atom stereocenters. The summed E-state index contributed by atoms with van der Waals surface area (Å²) in [5.41, 5.74) is 0. The summed E-state index contributed by atoms with van der Waals surface area (Å²) in [5.74, 6) is -3.06. The van der Waals surface area contributed by atoms with Gasteiger partial charge in [-0.1, -0.05) is 37.0 Å². The Bertz CT molecular complexity index is 651. The molecule has 0 fully saturated rings. The number of sulfonamides is 1. The Morgan fingerprint density at radius 3 is 2.48 bits per heavy atom. The van der Waals surface area contributed by atoms with Crippen molar-refractivity contribution in [2.24, 2.45) is 5.92 Å². The third kappa shape index (κ3) is 3.85. The molecule has 0 aliphatic rings. The second-order valence-corrected chi connectivity index (χ2v) is 7.06. The lowest BCUT2D eigenvalue weighted by molar-refractivity contribution is -0.141. The summed E-state index contributed by atoms with van der Waals surface area (Å²) in [7, 11) is -4.11. The van der Waals surface area contributed by atoms with Crippen molar-refractivity contribution in [3.8, 4) is 0 Å². The number of aliphatic carboxylic acids is 1. The van der Waals surface area contributed by atoms with Crippen LogP contribution in [0.15, 0.2) is 17.0 Å². The smallest absolute Gasteiger partial charge is 0.307 e. The molecule has 1 rings (SSSR count). The second-order valence-electron chi connectivity index (χ2n) is 4.37. The van der Waals surface area contributed by atoms with Gasteiger partial charge in [0.2, 0.25) is 10.0 Å². The highest BCUT2D eigenvalue weighted by atomic mass is 35.5. The van der Waals surface area contributed by atoms with Crippen molar-refractivity contribution in [1.29, 1.82) is 0 Å². The first kappa shape index (κ1) is 18.2. The first-order chi connectivity index (χ1) is 9.62. The Labute approximate surface area is 132 Å². The molecule has 1 N–H and O–H groups in total. The molecule has 0 amide bonds. The van der Waals surface area contributed by atoms with E-state index in [0.717, 1.165) is 16.4 Å². The van der Waals surface area contributed by atoms with Crippen LogP contribution in [0.2, 0.25) is 10.0 Å². The summed E-state index contributed by atoms with van der Waals surface area (Å²) < 4.78 is 39.5. The number of halogens is 3. The van der Waals surface area contributed by atoms with Crippen LogP contribution >= 0.6 is 23.2 Å². The van der Waals surface area contributed by atoms with Gasteiger partial charge in [-0.15, -0.1) is 0 Å². The van der Waals surface area contributed by atoms with Crippen molar-refractivity contribution >= 4 is 39.2 Å². The number of carboxylic acid groups (broad SMARTS) is 1. The zero-order valence-electron chi connectivity index (χ0n) is 11.3. The van der Waals surface area contributed by atoms with E-state index in [4.69, 9.17) is 28.3 Å². The SMILES string of the molecule is CCN(CC(C)C(=O)O)S(=O)(=O)c1ccc(Cl)c(F)c1Cl. The third-order valence-corrected chi connectivity index (χ3v) is 5.63. The number of hydrogen-bond donors (Lipinski definition) is 1. The molecule has 0 saturated carbocycles. The minimum atomic E-state index is -4.11. The van der Waals surface area contributed by atoms with E-state index in [1.807, 2.05) is 0 Å². The van der Waals surface area contributed by atoms with Gasteiger partial charge in [0.05, 0.1) is 16.0 Å². The largest absolute Gasteiger partial charge is 0.481 e. The van der Waals surface area contributed by atoms with E-state index in [9.17, 15) is 17.6 Å². The van der Waals surface area contributed by atoms with Crippen LogP contribution < -0.4 is 0 Å². The van der Waals surface area contributed by atoms with Crippen LogP contribution in [-0.4, -0.2) is 36.9 Å². The molecule has 9 heteroatoms. The molecule has 118 valence electrons. The molecule has 0 radical (unpaired) electrons. The van der Waals surface area contributed by atoms with Crippen molar-refractivity contribution in [3.63, 3.8) is 0 Å². The summed E-state index contributed by atoms with van der Waals surface area (Å²) >= 11 is 11.2. The van der Waals surface area contributed by atoms with E-state index in [-0.39, 0.29) is 18.1 Å². The molecule has 0 bridgehead atoms. The van der Waals surface area contributed by atoms with Crippen LogP contribution in [0.5, 0.6) is 0 Å². The number of nitrogens with zero attached hydrogens (tertiary/aromatic N) is 1. The third-order valence-electron chi connectivity index (χ3n) is 2.87. The summed E-state index contributed by atoms with van der Waals surface area (Å²) in [6, 6.07) is 2.18. The van der Waals surface area contributed by atoms with Crippen LogP contribution in [0.25, 0.3) is 0 Å². The van der Waals surface area contributed by atoms with E-state index in [0.29, 0.717) is 0 Å². The van der Waals surface area contributed by atoms with Crippen molar-refractivity contribution in [2.45, 2.75) is 18.7 Å². The lowest BCUT2D eigenvalue weighted by Gasteiger charge is -2.23. The normalized spacial score (nSPS) is 13.4. The lowest BCUT2D eigenvalue weighted by Crippen LogP contribution is -2.37. The summed E-state index contributed by atoms with van der Waals surface area (Å²) in [6.45, 7) is 2.71. The van der Waals surface area contributed by atoms with Crippen molar-refractivity contribution < 1.29 is 22.7 Å². The molecule has 0 saturated heterocycles. The van der Waals surface area contributed by atoms with Gasteiger partial charge in [0.25, 0.3) is 0 Å². The van der Waals surface area contributed by atoms with Crippen molar-refractivity contribution in [3.05, 3.63) is 28.0 Å². The highest BCUT2D eigenvalue weighted by Crippen LogP contribution is 2.31. The van der Waals surface area contributed by atoms with Crippen LogP contribution in [0.1, 0.15) is 13.8 Å². The van der Waals surface area contributed by atoms with Gasteiger partial charge in [-0.3, -0.25) is 4.79 Å². The molecule has 0 aliphatic heterocycles. The lowest BCUT2D eigenvalue weighted by atomic mass is 10.2. The average Bonchev–Trinajstić information content (AvgIpc) is 2.41. The molecular formula is C12H14Cl2FNO4S. The predicted molar refractivity (Wildman–Crippen MR) is 77.7 cm³/mol. The quantitative estimate of drug-likeness (QED) is 0.794. The monoisotopic (exact) mass is 357 g/mol. The molecular weight excluding hydrogens is 344 g/mol. The van der Waals surface area contributed by atoms with Gasteiger partial charge in [0, 0.05) is 13.1 Å². The van der Waals surface area contributed by atoms with Gasteiger partial charge in [-0.2, -0.15) is 4.31 Å². The maximum atomic E-state index is 13.6. The molecule has 5 nitrogen and oxygen atoms in total. The highest BCUT2D eigenvalue weighted by molar-refractivity contribution is 7.89. The van der Waals surface area contributed by atoms with E-state index in [1.54, 1.807) is 6.92 Å². The first-order valence-corrected chi connectivity index (χ1v) is 8.19. The average molecular weight is 358 g/mol. The van der Waals surface area contributed by atoms with Crippen molar-refractivity contribution in [1.82, 2.24) is 4.31 Å². The molecule has 21 heavy (non-hydrogen) atoms. The zero-order valence-corrected chi connectivity index (χ0v) is 13.6. The topological polar surface area (TPSA) is 74.7 Å². The number of carboxylic acids is 1.